The average Bonchev–Trinajstić information content (AvgIpc) is 2.78. The minimum atomic E-state index is -0.420. The van der Waals surface area contributed by atoms with Crippen molar-refractivity contribution in [1.29, 1.82) is 0 Å². The highest BCUT2D eigenvalue weighted by molar-refractivity contribution is 5.87. The van der Waals surface area contributed by atoms with E-state index >= 15 is 0 Å². The zero-order chi connectivity index (χ0) is 21.1. The highest BCUT2D eigenvalue weighted by Gasteiger charge is 2.26. The Balaban J connectivity index is 1.44. The fourth-order valence-corrected chi connectivity index (χ4v) is 4.12. The van der Waals surface area contributed by atoms with Crippen LogP contribution in [0.2, 0.25) is 0 Å². The van der Waals surface area contributed by atoms with E-state index in [0.29, 0.717) is 17.1 Å². The van der Waals surface area contributed by atoms with Crippen molar-refractivity contribution in [3.05, 3.63) is 68.8 Å². The van der Waals surface area contributed by atoms with Gasteiger partial charge in [0, 0.05) is 19.2 Å². The molecular weight excluding hydrogens is 384 g/mol. The Morgan fingerprint density at radius 2 is 1.97 bits per heavy atom. The number of aromatic amines is 1. The third-order valence-corrected chi connectivity index (χ3v) is 5.89. The molecule has 156 valence electrons. The third kappa shape index (κ3) is 4.12. The Morgan fingerprint density at radius 3 is 2.63 bits per heavy atom. The van der Waals surface area contributed by atoms with Gasteiger partial charge in [0.1, 0.15) is 11.4 Å². The van der Waals surface area contributed by atoms with Gasteiger partial charge in [-0.2, -0.15) is 0 Å². The quantitative estimate of drug-likeness (QED) is 0.493. The van der Waals surface area contributed by atoms with Gasteiger partial charge in [0.15, 0.2) is 0 Å². The van der Waals surface area contributed by atoms with Crippen LogP contribution in [0.25, 0.3) is 10.9 Å². The van der Waals surface area contributed by atoms with E-state index in [1.165, 1.54) is 18.0 Å². The number of aromatic nitrogens is 2. The second-order valence-electron chi connectivity index (χ2n) is 7.66. The lowest BCUT2D eigenvalue weighted by molar-refractivity contribution is -0.384. The number of ether oxygens (including phenoxy) is 1. The van der Waals surface area contributed by atoms with Crippen LogP contribution in [0.3, 0.4) is 0 Å². The number of aryl methyl sites for hydroxylation is 1. The molecule has 0 unspecified atom stereocenters. The molecule has 2 heterocycles. The number of fused-ring (bicyclic) bond motifs is 1. The van der Waals surface area contributed by atoms with E-state index in [-0.39, 0.29) is 16.6 Å². The SMILES string of the molecule is COc1ccc(CCC2CCN(c3cc4nc[nH]c(=O)c4cc3[N+](=O)[O-])CC2)cc1. The molecule has 0 amide bonds. The monoisotopic (exact) mass is 408 g/mol. The fraction of sp³-hybridized carbons (Fsp3) is 0.364. The van der Waals surface area contributed by atoms with Crippen molar-refractivity contribution in [2.75, 3.05) is 25.1 Å². The van der Waals surface area contributed by atoms with Crippen molar-refractivity contribution in [1.82, 2.24) is 9.97 Å². The Kier molecular flexibility index (Phi) is 5.65. The van der Waals surface area contributed by atoms with Gasteiger partial charge in [-0.15, -0.1) is 0 Å². The zero-order valence-electron chi connectivity index (χ0n) is 16.8. The second-order valence-corrected chi connectivity index (χ2v) is 7.66. The van der Waals surface area contributed by atoms with Crippen molar-refractivity contribution in [3.8, 4) is 5.75 Å². The number of piperidine rings is 1. The average molecular weight is 408 g/mol. The predicted octanol–water partition coefficient (Wildman–Crippen LogP) is 3.69. The molecule has 1 aromatic heterocycles. The van der Waals surface area contributed by atoms with Gasteiger partial charge >= 0.3 is 0 Å². The summed E-state index contributed by atoms with van der Waals surface area (Å²) in [5.74, 6) is 1.45. The van der Waals surface area contributed by atoms with E-state index in [4.69, 9.17) is 4.74 Å². The molecule has 4 rings (SSSR count). The summed E-state index contributed by atoms with van der Waals surface area (Å²) in [6.07, 6.45) is 5.39. The van der Waals surface area contributed by atoms with E-state index in [9.17, 15) is 14.9 Å². The minimum Gasteiger partial charge on any atom is -0.497 e. The molecule has 1 N–H and O–H groups in total. The topological polar surface area (TPSA) is 101 Å². The van der Waals surface area contributed by atoms with Crippen LogP contribution in [-0.2, 0) is 6.42 Å². The number of rotatable bonds is 6. The van der Waals surface area contributed by atoms with Crippen LogP contribution in [0, 0.1) is 16.0 Å². The summed E-state index contributed by atoms with van der Waals surface area (Å²) in [5.41, 5.74) is 1.89. The van der Waals surface area contributed by atoms with E-state index in [0.717, 1.165) is 44.5 Å². The molecule has 3 aromatic rings. The first-order valence-electron chi connectivity index (χ1n) is 10.1. The number of nitrogens with zero attached hydrogens (tertiary/aromatic N) is 3. The number of nitro benzene ring substituents is 1. The number of benzene rings is 2. The molecule has 1 saturated heterocycles. The highest BCUT2D eigenvalue weighted by atomic mass is 16.6. The van der Waals surface area contributed by atoms with Crippen molar-refractivity contribution in [2.24, 2.45) is 5.92 Å². The van der Waals surface area contributed by atoms with Gasteiger partial charge in [-0.05, 0) is 55.4 Å². The Morgan fingerprint density at radius 1 is 1.23 bits per heavy atom. The number of anilines is 1. The van der Waals surface area contributed by atoms with E-state index in [1.807, 2.05) is 17.0 Å². The first kappa shape index (κ1) is 19.9. The molecule has 0 spiro atoms. The lowest BCUT2D eigenvalue weighted by atomic mass is 9.90. The molecule has 30 heavy (non-hydrogen) atoms. The van der Waals surface area contributed by atoms with Gasteiger partial charge in [-0.1, -0.05) is 12.1 Å². The summed E-state index contributed by atoms with van der Waals surface area (Å²) in [6.45, 7) is 1.51. The van der Waals surface area contributed by atoms with Crippen molar-refractivity contribution in [3.63, 3.8) is 0 Å². The molecule has 0 atom stereocenters. The largest absolute Gasteiger partial charge is 0.497 e. The van der Waals surface area contributed by atoms with E-state index in [1.54, 1.807) is 13.2 Å². The number of hydrogen-bond acceptors (Lipinski definition) is 6. The van der Waals surface area contributed by atoms with Gasteiger partial charge in [-0.25, -0.2) is 4.98 Å². The summed E-state index contributed by atoms with van der Waals surface area (Å²) in [4.78, 5) is 31.9. The fourth-order valence-electron chi connectivity index (χ4n) is 4.12. The molecule has 0 bridgehead atoms. The summed E-state index contributed by atoms with van der Waals surface area (Å²) < 4.78 is 5.20. The number of nitrogens with one attached hydrogen (secondary N) is 1. The molecule has 0 aliphatic carbocycles. The van der Waals surface area contributed by atoms with Crippen molar-refractivity contribution < 1.29 is 9.66 Å². The van der Waals surface area contributed by atoms with Crippen LogP contribution in [0.5, 0.6) is 5.75 Å². The van der Waals surface area contributed by atoms with Crippen LogP contribution in [0.4, 0.5) is 11.4 Å². The molecule has 8 nitrogen and oxygen atoms in total. The standard InChI is InChI=1S/C22H24N4O4/c1-30-17-6-4-15(5-7-17)2-3-16-8-10-25(11-9-16)20-13-19-18(12-21(20)26(28)29)22(27)24-14-23-19/h4-7,12-14,16H,2-3,8-11H2,1H3,(H,23,24,27). The number of methoxy groups -OCH3 is 1. The molecule has 1 aliphatic rings. The molecular formula is C22H24N4O4. The molecule has 2 aromatic carbocycles. The Labute approximate surface area is 173 Å². The first-order chi connectivity index (χ1) is 14.5. The van der Waals surface area contributed by atoms with Crippen LogP contribution in [0.1, 0.15) is 24.8 Å². The lowest BCUT2D eigenvalue weighted by Crippen LogP contribution is -2.34. The van der Waals surface area contributed by atoms with Crippen LogP contribution in [-0.4, -0.2) is 35.1 Å². The summed E-state index contributed by atoms with van der Waals surface area (Å²) in [7, 11) is 1.66. The third-order valence-electron chi connectivity index (χ3n) is 5.89. The lowest BCUT2D eigenvalue weighted by Gasteiger charge is -2.33. The van der Waals surface area contributed by atoms with Crippen LogP contribution < -0.4 is 15.2 Å². The van der Waals surface area contributed by atoms with Crippen LogP contribution in [0.15, 0.2) is 47.5 Å². The van der Waals surface area contributed by atoms with Gasteiger partial charge in [0.05, 0.1) is 29.3 Å². The molecule has 1 fully saturated rings. The molecule has 0 radical (unpaired) electrons. The first-order valence-corrected chi connectivity index (χ1v) is 10.1. The van der Waals surface area contributed by atoms with E-state index in [2.05, 4.69) is 22.1 Å². The van der Waals surface area contributed by atoms with Gasteiger partial charge in [0.2, 0.25) is 0 Å². The Bertz CT molecular complexity index is 1100. The molecule has 0 saturated carbocycles. The highest BCUT2D eigenvalue weighted by Crippen LogP contribution is 2.34. The smallest absolute Gasteiger partial charge is 0.293 e. The Hall–Kier alpha value is -3.42. The van der Waals surface area contributed by atoms with E-state index < -0.39 is 4.92 Å². The minimum absolute atomic E-state index is 0.0438. The van der Waals surface area contributed by atoms with Gasteiger partial charge < -0.3 is 14.6 Å². The maximum atomic E-state index is 12.0. The summed E-state index contributed by atoms with van der Waals surface area (Å²) in [5, 5.41) is 11.9. The zero-order valence-corrected chi connectivity index (χ0v) is 16.8. The number of nitro groups is 1. The number of hydrogen-bond donors (Lipinski definition) is 1. The van der Waals surface area contributed by atoms with Crippen molar-refractivity contribution >= 4 is 22.3 Å². The van der Waals surface area contributed by atoms with Gasteiger partial charge in [0.25, 0.3) is 11.2 Å². The summed E-state index contributed by atoms with van der Waals surface area (Å²) >= 11 is 0. The maximum Gasteiger partial charge on any atom is 0.293 e. The van der Waals surface area contributed by atoms with Crippen LogP contribution >= 0.6 is 0 Å². The molecule has 1 aliphatic heterocycles. The normalized spacial score (nSPS) is 14.8. The van der Waals surface area contributed by atoms with Crippen molar-refractivity contribution in [2.45, 2.75) is 25.7 Å². The predicted molar refractivity (Wildman–Crippen MR) is 115 cm³/mol. The second kappa shape index (κ2) is 8.52. The summed E-state index contributed by atoms with van der Waals surface area (Å²) in [6, 6.07) is 11.2. The molecule has 8 heteroatoms. The number of H-pyrrole nitrogens is 1. The van der Waals surface area contributed by atoms with Gasteiger partial charge in [-0.3, -0.25) is 14.9 Å². The maximum absolute atomic E-state index is 12.0.